The van der Waals surface area contributed by atoms with Crippen LogP contribution in [0.3, 0.4) is 0 Å². The van der Waals surface area contributed by atoms with Gasteiger partial charge < -0.3 is 10.0 Å². The number of halogens is 3. The summed E-state index contributed by atoms with van der Waals surface area (Å²) in [7, 11) is 0. The molecule has 2 atom stereocenters. The lowest BCUT2D eigenvalue weighted by Crippen LogP contribution is -2.38. The largest absolute Gasteiger partial charge is 0.481 e. The summed E-state index contributed by atoms with van der Waals surface area (Å²) in [4.78, 5) is 12.6. The van der Waals surface area contributed by atoms with E-state index in [0.29, 0.717) is 12.8 Å². The molecule has 1 rings (SSSR count). The van der Waals surface area contributed by atoms with Crippen molar-refractivity contribution < 1.29 is 23.1 Å². The van der Waals surface area contributed by atoms with Crippen molar-refractivity contribution in [3.8, 4) is 6.07 Å². The standard InChI is InChI=1S/C11H15F3N2O2/c1-2-10(9(17)18)3-4-16(7-10)6-8(5-15)11(12,13)14/h8H,2-4,6-7H2,1H3,(H,17,18). The Morgan fingerprint density at radius 3 is 2.56 bits per heavy atom. The second kappa shape index (κ2) is 5.14. The van der Waals surface area contributed by atoms with Crippen LogP contribution in [0.5, 0.6) is 0 Å². The molecule has 18 heavy (non-hydrogen) atoms. The van der Waals surface area contributed by atoms with Crippen molar-refractivity contribution in [2.75, 3.05) is 19.6 Å². The van der Waals surface area contributed by atoms with Crippen LogP contribution in [0.25, 0.3) is 0 Å². The summed E-state index contributed by atoms with van der Waals surface area (Å²) in [6.45, 7) is 1.62. The molecule has 0 bridgehead atoms. The lowest BCUT2D eigenvalue weighted by Gasteiger charge is -2.24. The van der Waals surface area contributed by atoms with Crippen molar-refractivity contribution in [2.45, 2.75) is 25.9 Å². The van der Waals surface area contributed by atoms with Gasteiger partial charge in [0.1, 0.15) is 0 Å². The minimum atomic E-state index is -4.56. The molecule has 0 aromatic carbocycles. The Bertz CT molecular complexity index is 364. The molecule has 1 aliphatic rings. The number of carbonyl (C=O) groups is 1. The van der Waals surface area contributed by atoms with E-state index in [1.807, 2.05) is 0 Å². The number of aliphatic carboxylic acids is 1. The fourth-order valence-electron chi connectivity index (χ4n) is 2.20. The summed E-state index contributed by atoms with van der Waals surface area (Å²) in [6.07, 6.45) is -3.85. The molecule has 1 aliphatic heterocycles. The third-order valence-electron chi connectivity index (χ3n) is 3.56. The Hall–Kier alpha value is -1.29. The summed E-state index contributed by atoms with van der Waals surface area (Å²) in [5.41, 5.74) is -0.967. The highest BCUT2D eigenvalue weighted by Crippen LogP contribution is 2.36. The Morgan fingerprint density at radius 2 is 2.22 bits per heavy atom. The van der Waals surface area contributed by atoms with E-state index in [2.05, 4.69) is 0 Å². The number of carboxylic acid groups (broad SMARTS) is 1. The highest BCUT2D eigenvalue weighted by atomic mass is 19.4. The number of rotatable bonds is 4. The first-order valence-electron chi connectivity index (χ1n) is 5.67. The molecule has 1 N–H and O–H groups in total. The molecule has 0 amide bonds. The first kappa shape index (κ1) is 14.8. The van der Waals surface area contributed by atoms with E-state index >= 15 is 0 Å². The van der Waals surface area contributed by atoms with Crippen molar-refractivity contribution in [3.05, 3.63) is 0 Å². The summed E-state index contributed by atoms with van der Waals surface area (Å²) in [5, 5.41) is 17.6. The van der Waals surface area contributed by atoms with Gasteiger partial charge in [-0.15, -0.1) is 0 Å². The summed E-state index contributed by atoms with van der Waals surface area (Å²) in [5.74, 6) is -3.04. The molecule has 2 unspecified atom stereocenters. The number of nitrogens with zero attached hydrogens (tertiary/aromatic N) is 2. The SMILES string of the molecule is CCC1(C(=O)O)CCN(CC(C#N)C(F)(F)F)C1. The summed E-state index contributed by atoms with van der Waals surface area (Å²) >= 11 is 0. The molecule has 0 spiro atoms. The van der Waals surface area contributed by atoms with Crippen LogP contribution in [0, 0.1) is 22.7 Å². The maximum absolute atomic E-state index is 12.4. The molecular weight excluding hydrogens is 249 g/mol. The number of likely N-dealkylation sites (tertiary alicyclic amines) is 1. The van der Waals surface area contributed by atoms with Crippen LogP contribution in [0.1, 0.15) is 19.8 Å². The topological polar surface area (TPSA) is 64.3 Å². The Labute approximate surface area is 103 Å². The lowest BCUT2D eigenvalue weighted by molar-refractivity contribution is -0.163. The van der Waals surface area contributed by atoms with Gasteiger partial charge in [-0.2, -0.15) is 18.4 Å². The highest BCUT2D eigenvalue weighted by molar-refractivity contribution is 5.75. The zero-order chi connectivity index (χ0) is 14.0. The minimum absolute atomic E-state index is 0.0765. The zero-order valence-corrected chi connectivity index (χ0v) is 10.00. The molecule has 0 aromatic heterocycles. The smallest absolute Gasteiger partial charge is 0.405 e. The van der Waals surface area contributed by atoms with Crippen molar-refractivity contribution >= 4 is 5.97 Å². The Balaban J connectivity index is 2.68. The molecule has 1 saturated heterocycles. The number of nitriles is 1. The third-order valence-corrected chi connectivity index (χ3v) is 3.56. The van der Waals surface area contributed by atoms with Crippen LogP contribution in [-0.2, 0) is 4.79 Å². The zero-order valence-electron chi connectivity index (χ0n) is 10.00. The van der Waals surface area contributed by atoms with Crippen molar-refractivity contribution in [1.29, 1.82) is 5.26 Å². The van der Waals surface area contributed by atoms with Gasteiger partial charge in [-0.1, -0.05) is 6.92 Å². The Kier molecular flexibility index (Phi) is 4.22. The fraction of sp³-hybridized carbons (Fsp3) is 0.818. The highest BCUT2D eigenvalue weighted by Gasteiger charge is 2.47. The summed E-state index contributed by atoms with van der Waals surface area (Å²) in [6, 6.07) is 1.23. The van der Waals surface area contributed by atoms with E-state index in [1.54, 1.807) is 6.92 Å². The number of hydrogen-bond donors (Lipinski definition) is 1. The molecule has 7 heteroatoms. The van der Waals surface area contributed by atoms with Crippen LogP contribution in [0.4, 0.5) is 13.2 Å². The maximum Gasteiger partial charge on any atom is 0.405 e. The molecule has 1 heterocycles. The number of hydrogen-bond acceptors (Lipinski definition) is 3. The molecule has 0 radical (unpaired) electrons. The van der Waals surface area contributed by atoms with E-state index in [-0.39, 0.29) is 13.1 Å². The van der Waals surface area contributed by atoms with Crippen molar-refractivity contribution in [2.24, 2.45) is 11.3 Å². The van der Waals surface area contributed by atoms with Gasteiger partial charge in [0.15, 0.2) is 5.92 Å². The number of carboxylic acids is 1. The monoisotopic (exact) mass is 264 g/mol. The normalized spacial score (nSPS) is 26.8. The molecule has 0 aromatic rings. The van der Waals surface area contributed by atoms with Gasteiger partial charge in [-0.25, -0.2) is 0 Å². The second-order valence-corrected chi connectivity index (χ2v) is 4.65. The van der Waals surface area contributed by atoms with E-state index < -0.39 is 30.0 Å². The predicted octanol–water partition coefficient (Wildman–Crippen LogP) is 1.88. The van der Waals surface area contributed by atoms with E-state index in [0.717, 1.165) is 0 Å². The average Bonchev–Trinajstić information content (AvgIpc) is 2.69. The van der Waals surface area contributed by atoms with Gasteiger partial charge in [0, 0.05) is 13.1 Å². The van der Waals surface area contributed by atoms with Gasteiger partial charge >= 0.3 is 12.1 Å². The average molecular weight is 264 g/mol. The first-order valence-corrected chi connectivity index (χ1v) is 5.67. The first-order chi connectivity index (χ1) is 8.25. The minimum Gasteiger partial charge on any atom is -0.481 e. The van der Waals surface area contributed by atoms with Crippen LogP contribution in [0.15, 0.2) is 0 Å². The van der Waals surface area contributed by atoms with Crippen molar-refractivity contribution in [3.63, 3.8) is 0 Å². The molecule has 102 valence electrons. The third kappa shape index (κ3) is 2.93. The quantitative estimate of drug-likeness (QED) is 0.842. The fourth-order valence-corrected chi connectivity index (χ4v) is 2.20. The van der Waals surface area contributed by atoms with Crippen molar-refractivity contribution in [1.82, 2.24) is 4.90 Å². The van der Waals surface area contributed by atoms with Gasteiger partial charge in [0.05, 0.1) is 11.5 Å². The summed E-state index contributed by atoms with van der Waals surface area (Å²) < 4.78 is 37.3. The van der Waals surface area contributed by atoms with Gasteiger partial charge in [0.25, 0.3) is 0 Å². The molecular formula is C11H15F3N2O2. The predicted molar refractivity (Wildman–Crippen MR) is 56.6 cm³/mol. The van der Waals surface area contributed by atoms with E-state index in [9.17, 15) is 18.0 Å². The van der Waals surface area contributed by atoms with Gasteiger partial charge in [0.2, 0.25) is 0 Å². The van der Waals surface area contributed by atoms with Crippen LogP contribution in [0.2, 0.25) is 0 Å². The Morgan fingerprint density at radius 1 is 1.61 bits per heavy atom. The molecule has 1 fully saturated rings. The van der Waals surface area contributed by atoms with Gasteiger partial charge in [-0.3, -0.25) is 4.79 Å². The van der Waals surface area contributed by atoms with E-state index in [1.165, 1.54) is 11.0 Å². The van der Waals surface area contributed by atoms with Gasteiger partial charge in [-0.05, 0) is 19.4 Å². The number of alkyl halides is 3. The second-order valence-electron chi connectivity index (χ2n) is 4.65. The maximum atomic E-state index is 12.4. The lowest BCUT2D eigenvalue weighted by atomic mass is 9.84. The molecule has 4 nitrogen and oxygen atoms in total. The molecule has 0 aliphatic carbocycles. The van der Waals surface area contributed by atoms with Crippen LogP contribution in [-0.4, -0.2) is 41.8 Å². The van der Waals surface area contributed by atoms with Crippen LogP contribution < -0.4 is 0 Å². The van der Waals surface area contributed by atoms with E-state index in [4.69, 9.17) is 10.4 Å². The van der Waals surface area contributed by atoms with Crippen LogP contribution >= 0.6 is 0 Å². The molecule has 0 saturated carbocycles.